The number of nitrogens with zero attached hydrogens (tertiary/aromatic N) is 1. The first kappa shape index (κ1) is 13.7. The molecular weight excluding hydrogens is 284 g/mol. The van der Waals surface area contributed by atoms with Gasteiger partial charge in [-0.25, -0.2) is 9.78 Å². The molecule has 0 saturated heterocycles. The first-order valence-corrected chi connectivity index (χ1v) is 7.25. The van der Waals surface area contributed by atoms with E-state index in [1.54, 1.807) is 30.1 Å². The summed E-state index contributed by atoms with van der Waals surface area (Å²) in [5.74, 6) is 0.502. The maximum Gasteiger partial charge on any atom is 0.335 e. The minimum Gasteiger partial charge on any atom is -0.493 e. The summed E-state index contributed by atoms with van der Waals surface area (Å²) in [5, 5.41) is 9.32. The lowest BCUT2D eigenvalue weighted by molar-refractivity contribution is 0.0697. The van der Waals surface area contributed by atoms with E-state index in [2.05, 4.69) is 4.98 Å². The lowest BCUT2D eigenvalue weighted by atomic mass is 10.2. The first-order chi connectivity index (χ1) is 9.15. The Morgan fingerprint density at radius 2 is 2.16 bits per heavy atom. The first-order valence-electron chi connectivity index (χ1n) is 5.45. The van der Waals surface area contributed by atoms with Crippen LogP contribution in [0.15, 0.2) is 34.7 Å². The van der Waals surface area contributed by atoms with Gasteiger partial charge in [0.25, 0.3) is 0 Å². The highest BCUT2D eigenvalue weighted by atomic mass is 32.2. The molecule has 5 nitrogen and oxygen atoms in total. The van der Waals surface area contributed by atoms with Gasteiger partial charge in [-0.05, 0) is 24.3 Å². The molecule has 0 atom stereocenters. The maximum atomic E-state index is 10.7. The molecule has 0 radical (unpaired) electrons. The van der Waals surface area contributed by atoms with E-state index in [4.69, 9.17) is 15.6 Å². The molecule has 0 saturated carbocycles. The van der Waals surface area contributed by atoms with Gasteiger partial charge in [0.15, 0.2) is 5.13 Å². The number of carbonyl (C=O) groups is 1. The molecule has 1 heterocycles. The predicted octanol–water partition coefficient (Wildman–Crippen LogP) is 2.59. The Hall–Kier alpha value is -1.73. The van der Waals surface area contributed by atoms with E-state index < -0.39 is 5.97 Å². The molecule has 0 fully saturated rings. The van der Waals surface area contributed by atoms with Crippen molar-refractivity contribution in [1.29, 1.82) is 0 Å². The molecule has 100 valence electrons. The number of benzene rings is 1. The quantitative estimate of drug-likeness (QED) is 0.629. The average molecular weight is 296 g/mol. The van der Waals surface area contributed by atoms with Crippen LogP contribution >= 0.6 is 23.1 Å². The van der Waals surface area contributed by atoms with Gasteiger partial charge < -0.3 is 15.6 Å². The summed E-state index contributed by atoms with van der Waals surface area (Å²) < 4.78 is 6.57. The number of hydrogen-bond acceptors (Lipinski definition) is 6. The highest BCUT2D eigenvalue weighted by molar-refractivity contribution is 8.01. The van der Waals surface area contributed by atoms with Gasteiger partial charge in [0.05, 0.1) is 22.6 Å². The van der Waals surface area contributed by atoms with Crippen molar-refractivity contribution in [3.05, 3.63) is 36.0 Å². The van der Waals surface area contributed by atoms with Crippen LogP contribution in [0.1, 0.15) is 10.4 Å². The number of ether oxygens (including phenoxy) is 1. The zero-order valence-corrected chi connectivity index (χ0v) is 11.5. The van der Waals surface area contributed by atoms with Crippen LogP contribution in [0.3, 0.4) is 0 Å². The van der Waals surface area contributed by atoms with Gasteiger partial charge in [0.2, 0.25) is 0 Å². The molecule has 0 aliphatic rings. The largest absolute Gasteiger partial charge is 0.493 e. The third-order valence-electron chi connectivity index (χ3n) is 2.20. The van der Waals surface area contributed by atoms with E-state index in [9.17, 15) is 4.79 Å². The lowest BCUT2D eigenvalue weighted by Gasteiger charge is -2.05. The normalized spacial score (nSPS) is 10.3. The fraction of sp³-hybridized carbons (Fsp3) is 0.167. The lowest BCUT2D eigenvalue weighted by Crippen LogP contribution is -2.01. The third-order valence-corrected chi connectivity index (χ3v) is 4.19. The molecule has 0 aliphatic carbocycles. The van der Waals surface area contributed by atoms with Crippen molar-refractivity contribution >= 4 is 34.2 Å². The number of hydrogen-bond donors (Lipinski definition) is 2. The number of nitrogen functional groups attached to an aromatic ring is 1. The zero-order chi connectivity index (χ0) is 13.7. The monoisotopic (exact) mass is 296 g/mol. The Kier molecular flexibility index (Phi) is 4.64. The van der Waals surface area contributed by atoms with Crippen molar-refractivity contribution in [2.75, 3.05) is 18.1 Å². The molecule has 2 rings (SSSR count). The van der Waals surface area contributed by atoms with Crippen LogP contribution in [0.25, 0.3) is 0 Å². The van der Waals surface area contributed by atoms with Crippen LogP contribution < -0.4 is 10.5 Å². The van der Waals surface area contributed by atoms with Gasteiger partial charge in [-0.15, -0.1) is 11.8 Å². The van der Waals surface area contributed by atoms with Crippen LogP contribution in [0.5, 0.6) is 5.75 Å². The van der Waals surface area contributed by atoms with Crippen molar-refractivity contribution in [3.63, 3.8) is 0 Å². The molecule has 0 bridgehead atoms. The second-order valence-corrected chi connectivity index (χ2v) is 6.00. The molecule has 7 heteroatoms. The number of nitrogens with two attached hydrogens (primary N) is 1. The van der Waals surface area contributed by atoms with Gasteiger partial charge in [-0.1, -0.05) is 11.3 Å². The summed E-state index contributed by atoms with van der Waals surface area (Å²) in [6.07, 6.45) is 1.74. The van der Waals surface area contributed by atoms with Crippen LogP contribution in [0.2, 0.25) is 0 Å². The van der Waals surface area contributed by atoms with Crippen molar-refractivity contribution in [2.45, 2.75) is 4.21 Å². The minimum atomic E-state index is -0.940. The molecule has 1 aromatic heterocycles. The second-order valence-electron chi connectivity index (χ2n) is 3.54. The van der Waals surface area contributed by atoms with Gasteiger partial charge in [-0.3, -0.25) is 0 Å². The Morgan fingerprint density at radius 3 is 2.74 bits per heavy atom. The molecule has 0 spiro atoms. The van der Waals surface area contributed by atoms with Crippen LogP contribution in [0.4, 0.5) is 5.13 Å². The van der Waals surface area contributed by atoms with Crippen molar-refractivity contribution in [1.82, 2.24) is 4.98 Å². The van der Waals surface area contributed by atoms with Crippen molar-refractivity contribution < 1.29 is 14.6 Å². The molecule has 0 amide bonds. The number of aromatic carboxylic acids is 1. The van der Waals surface area contributed by atoms with Crippen LogP contribution in [0, 0.1) is 0 Å². The van der Waals surface area contributed by atoms with Crippen LogP contribution in [-0.4, -0.2) is 28.4 Å². The van der Waals surface area contributed by atoms with Gasteiger partial charge in [-0.2, -0.15) is 0 Å². The fourth-order valence-corrected chi connectivity index (χ4v) is 2.99. The summed E-state index contributed by atoms with van der Waals surface area (Å²) in [7, 11) is 0. The van der Waals surface area contributed by atoms with Crippen molar-refractivity contribution in [3.8, 4) is 5.75 Å². The summed E-state index contributed by atoms with van der Waals surface area (Å²) in [4.78, 5) is 14.6. The summed E-state index contributed by atoms with van der Waals surface area (Å²) in [5.41, 5.74) is 5.78. The number of thioether (sulfide) groups is 1. The van der Waals surface area contributed by atoms with E-state index in [-0.39, 0.29) is 5.56 Å². The molecule has 2 aromatic rings. The van der Waals surface area contributed by atoms with Crippen LogP contribution in [-0.2, 0) is 0 Å². The maximum absolute atomic E-state index is 10.7. The molecule has 0 unspecified atom stereocenters. The van der Waals surface area contributed by atoms with E-state index in [1.165, 1.54) is 23.5 Å². The number of thiazole rings is 1. The van der Waals surface area contributed by atoms with E-state index in [1.807, 2.05) is 0 Å². The smallest absolute Gasteiger partial charge is 0.335 e. The van der Waals surface area contributed by atoms with Crippen molar-refractivity contribution in [2.24, 2.45) is 0 Å². The Morgan fingerprint density at radius 1 is 1.42 bits per heavy atom. The molecule has 1 aromatic carbocycles. The molecule has 19 heavy (non-hydrogen) atoms. The number of rotatable bonds is 6. The van der Waals surface area contributed by atoms with E-state index in [0.717, 1.165) is 9.96 Å². The fourth-order valence-electron chi connectivity index (χ4n) is 1.33. The number of carboxylic acids is 1. The number of aromatic nitrogens is 1. The average Bonchev–Trinajstić information content (AvgIpc) is 2.81. The zero-order valence-electron chi connectivity index (χ0n) is 9.91. The van der Waals surface area contributed by atoms with E-state index >= 15 is 0 Å². The topological polar surface area (TPSA) is 85.4 Å². The van der Waals surface area contributed by atoms with Gasteiger partial charge in [0.1, 0.15) is 5.75 Å². The Labute approximate surface area is 118 Å². The highest BCUT2D eigenvalue weighted by Gasteiger charge is 2.03. The molecule has 3 N–H and O–H groups in total. The van der Waals surface area contributed by atoms with Gasteiger partial charge in [0, 0.05) is 5.75 Å². The summed E-state index contributed by atoms with van der Waals surface area (Å²) in [6, 6.07) is 6.35. The predicted molar refractivity (Wildman–Crippen MR) is 76.1 cm³/mol. The summed E-state index contributed by atoms with van der Waals surface area (Å²) >= 11 is 3.07. The highest BCUT2D eigenvalue weighted by Crippen LogP contribution is 2.26. The molecular formula is C12H12N2O3S2. The minimum absolute atomic E-state index is 0.252. The number of anilines is 1. The van der Waals surface area contributed by atoms with E-state index in [0.29, 0.717) is 17.5 Å². The SMILES string of the molecule is Nc1ncc(SCCOc2ccc(C(=O)O)cc2)s1. The third kappa shape index (κ3) is 4.15. The summed E-state index contributed by atoms with van der Waals surface area (Å²) in [6.45, 7) is 0.537. The number of carboxylic acid groups (broad SMARTS) is 1. The van der Waals surface area contributed by atoms with Gasteiger partial charge >= 0.3 is 5.97 Å². The Balaban J connectivity index is 1.75. The molecule has 0 aliphatic heterocycles. The Bertz CT molecular complexity index is 554. The second kappa shape index (κ2) is 6.44. The standard InChI is InChI=1S/C12H12N2O3S2/c13-12-14-7-10(19-12)18-6-5-17-9-3-1-8(2-4-9)11(15)16/h1-4,7H,5-6H2,(H2,13,14)(H,15,16).